The molecule has 0 fully saturated rings. The van der Waals surface area contributed by atoms with E-state index in [-0.39, 0.29) is 11.0 Å². The number of imidazole rings is 1. The normalized spacial score (nSPS) is 12.1. The molecule has 5 aromatic rings. The molecular weight excluding hydrogens is 498 g/mol. The zero-order valence-electron chi connectivity index (χ0n) is 24.3. The number of hydrogen-bond donors (Lipinski definition) is 1. The Bertz CT molecular complexity index is 1710. The number of aromatic nitrogens is 2. The first-order valence-electron chi connectivity index (χ1n) is 13.6. The van der Waals surface area contributed by atoms with Gasteiger partial charge in [-0.25, -0.2) is 9.78 Å². The molecule has 0 amide bonds. The summed E-state index contributed by atoms with van der Waals surface area (Å²) in [6, 6.07) is 23.2. The summed E-state index contributed by atoms with van der Waals surface area (Å²) in [4.78, 5) is 18.1. The van der Waals surface area contributed by atoms with Crippen molar-refractivity contribution in [2.75, 3.05) is 12.4 Å². The summed E-state index contributed by atoms with van der Waals surface area (Å²) in [7, 11) is 1.57. The highest BCUT2D eigenvalue weighted by Gasteiger charge is 2.28. The molecule has 1 N–H and O–H groups in total. The molecule has 0 bridgehead atoms. The number of carbonyl (C=O) groups excluding carboxylic acids is 1. The van der Waals surface area contributed by atoms with Crippen molar-refractivity contribution in [2.24, 2.45) is 5.41 Å². The number of rotatable bonds is 7. The molecule has 0 unspecified atom stereocenters. The van der Waals surface area contributed by atoms with Gasteiger partial charge in [-0.2, -0.15) is 0 Å². The van der Waals surface area contributed by atoms with Gasteiger partial charge < -0.3 is 14.8 Å². The van der Waals surface area contributed by atoms with E-state index in [9.17, 15) is 4.79 Å². The molecule has 3 aromatic carbocycles. The van der Waals surface area contributed by atoms with Gasteiger partial charge in [0.05, 0.1) is 12.7 Å². The van der Waals surface area contributed by atoms with Gasteiger partial charge in [-0.3, -0.25) is 4.40 Å². The van der Waals surface area contributed by atoms with Crippen LogP contribution < -0.4 is 14.8 Å². The Hall–Kier alpha value is -4.32. The zero-order valence-corrected chi connectivity index (χ0v) is 24.3. The second kappa shape index (κ2) is 10.3. The van der Waals surface area contributed by atoms with Crippen LogP contribution in [-0.4, -0.2) is 28.0 Å². The van der Waals surface area contributed by atoms with E-state index in [2.05, 4.69) is 63.4 Å². The fraction of sp³-hybridized carbons (Fsp3) is 0.294. The summed E-state index contributed by atoms with van der Waals surface area (Å²) in [5, 5.41) is 5.83. The lowest BCUT2D eigenvalue weighted by atomic mass is 9.82. The number of nitrogens with one attached hydrogen (secondary N) is 1. The highest BCUT2D eigenvalue weighted by molar-refractivity contribution is 5.96. The minimum Gasteiger partial charge on any atom is -0.493 e. The maximum absolute atomic E-state index is 13.1. The number of methoxy groups -OCH3 is 1. The van der Waals surface area contributed by atoms with Crippen LogP contribution >= 0.6 is 0 Å². The summed E-state index contributed by atoms with van der Waals surface area (Å²) in [6.45, 7) is 13.2. The van der Waals surface area contributed by atoms with Gasteiger partial charge in [-0.1, -0.05) is 51.1 Å². The molecule has 0 aliphatic carbocycles. The summed E-state index contributed by atoms with van der Waals surface area (Å²) in [5.74, 6) is 1.28. The number of nitrogens with zero attached hydrogens (tertiary/aromatic N) is 2. The van der Waals surface area contributed by atoms with Crippen LogP contribution in [0.5, 0.6) is 11.5 Å². The maximum Gasteiger partial charge on any atom is 0.343 e. The zero-order chi connectivity index (χ0) is 28.7. The van der Waals surface area contributed by atoms with Crippen molar-refractivity contribution in [1.29, 1.82) is 0 Å². The molecule has 2 aromatic heterocycles. The molecule has 206 valence electrons. The Morgan fingerprint density at radius 2 is 1.65 bits per heavy atom. The molecule has 6 heteroatoms. The number of fused-ring (bicyclic) bond motifs is 2. The fourth-order valence-corrected chi connectivity index (χ4v) is 5.53. The highest BCUT2D eigenvalue weighted by atomic mass is 16.6. The van der Waals surface area contributed by atoms with E-state index < -0.39 is 5.97 Å². The number of ether oxygens (including phenoxy) is 2. The molecule has 0 aliphatic rings. The Balaban J connectivity index is 1.50. The van der Waals surface area contributed by atoms with E-state index in [0.717, 1.165) is 45.5 Å². The number of anilines is 1. The quantitative estimate of drug-likeness (QED) is 0.168. The molecule has 6 nitrogen and oxygen atoms in total. The minimum atomic E-state index is -0.439. The first-order valence-corrected chi connectivity index (χ1v) is 13.6. The number of aryl methyl sites for hydroxylation is 1. The van der Waals surface area contributed by atoms with Crippen LogP contribution in [0.1, 0.15) is 57.0 Å². The second-order valence-corrected chi connectivity index (χ2v) is 12.3. The van der Waals surface area contributed by atoms with E-state index >= 15 is 0 Å². The van der Waals surface area contributed by atoms with Crippen molar-refractivity contribution in [3.05, 3.63) is 90.1 Å². The summed E-state index contributed by atoms with van der Waals surface area (Å²) >= 11 is 0. The van der Waals surface area contributed by atoms with Crippen molar-refractivity contribution < 1.29 is 14.3 Å². The van der Waals surface area contributed by atoms with E-state index in [0.29, 0.717) is 17.1 Å². The van der Waals surface area contributed by atoms with Gasteiger partial charge in [0.15, 0.2) is 11.5 Å². The maximum atomic E-state index is 13.1. The van der Waals surface area contributed by atoms with Crippen LogP contribution in [0.15, 0.2) is 79.0 Å². The molecule has 0 aliphatic heterocycles. The Kier molecular flexibility index (Phi) is 7.05. The molecule has 40 heavy (non-hydrogen) atoms. The number of esters is 1. The monoisotopic (exact) mass is 535 g/mol. The third-order valence-electron chi connectivity index (χ3n) is 6.84. The van der Waals surface area contributed by atoms with Gasteiger partial charge in [-0.15, -0.1) is 0 Å². The third kappa shape index (κ3) is 5.81. The van der Waals surface area contributed by atoms with Gasteiger partial charge in [0.25, 0.3) is 0 Å². The molecule has 0 saturated carbocycles. The highest BCUT2D eigenvalue weighted by Crippen LogP contribution is 2.38. The number of benzene rings is 3. The number of pyridine rings is 1. The molecule has 0 radical (unpaired) electrons. The van der Waals surface area contributed by atoms with Crippen molar-refractivity contribution >= 4 is 28.2 Å². The predicted molar refractivity (Wildman–Crippen MR) is 163 cm³/mol. The molecule has 0 spiro atoms. The third-order valence-corrected chi connectivity index (χ3v) is 6.84. The number of carbonyl (C=O) groups is 1. The lowest BCUT2D eigenvalue weighted by Gasteiger charge is -2.34. The van der Waals surface area contributed by atoms with Gasteiger partial charge >= 0.3 is 5.97 Å². The van der Waals surface area contributed by atoms with Crippen LogP contribution in [0, 0.1) is 12.3 Å². The van der Waals surface area contributed by atoms with Crippen LogP contribution in [0.2, 0.25) is 0 Å². The topological polar surface area (TPSA) is 64.9 Å². The Morgan fingerprint density at radius 3 is 2.38 bits per heavy atom. The fourth-order valence-electron chi connectivity index (χ4n) is 5.53. The Morgan fingerprint density at radius 1 is 0.900 bits per heavy atom. The molecule has 0 atom stereocenters. The second-order valence-electron chi connectivity index (χ2n) is 12.3. The van der Waals surface area contributed by atoms with E-state index in [1.807, 2.05) is 54.7 Å². The van der Waals surface area contributed by atoms with Crippen molar-refractivity contribution in [3.63, 3.8) is 0 Å². The first-order chi connectivity index (χ1) is 18.9. The molecule has 2 heterocycles. The first kappa shape index (κ1) is 27.3. The van der Waals surface area contributed by atoms with Crippen LogP contribution in [0.25, 0.3) is 27.7 Å². The SMILES string of the molecule is COc1cc(-c2nc3cc(C)ccn3c2NC(C)(C)CC(C)(C)C)ccc1OC(=O)c1ccc2ccccc2c1. The lowest BCUT2D eigenvalue weighted by molar-refractivity contribution is 0.0730. The van der Waals surface area contributed by atoms with Gasteiger partial charge in [-0.05, 0) is 91.4 Å². The van der Waals surface area contributed by atoms with E-state index in [1.165, 1.54) is 0 Å². The largest absolute Gasteiger partial charge is 0.493 e. The van der Waals surface area contributed by atoms with Gasteiger partial charge in [0, 0.05) is 17.3 Å². The van der Waals surface area contributed by atoms with Crippen molar-refractivity contribution in [3.8, 4) is 22.8 Å². The van der Waals surface area contributed by atoms with Gasteiger partial charge in [0.1, 0.15) is 17.2 Å². The smallest absolute Gasteiger partial charge is 0.343 e. The summed E-state index contributed by atoms with van der Waals surface area (Å²) < 4.78 is 13.6. The predicted octanol–water partition coefficient (Wildman–Crippen LogP) is 8.32. The summed E-state index contributed by atoms with van der Waals surface area (Å²) in [6.07, 6.45) is 3.01. The van der Waals surface area contributed by atoms with Gasteiger partial charge in [0.2, 0.25) is 0 Å². The summed E-state index contributed by atoms with van der Waals surface area (Å²) in [5.41, 5.74) is 4.10. The average Bonchev–Trinajstić information content (AvgIpc) is 3.23. The van der Waals surface area contributed by atoms with Crippen LogP contribution in [0.3, 0.4) is 0 Å². The van der Waals surface area contributed by atoms with E-state index in [4.69, 9.17) is 14.5 Å². The molecule has 0 saturated heterocycles. The average molecular weight is 536 g/mol. The van der Waals surface area contributed by atoms with Crippen LogP contribution in [-0.2, 0) is 0 Å². The molecule has 5 rings (SSSR count). The van der Waals surface area contributed by atoms with Crippen LogP contribution in [0.4, 0.5) is 5.82 Å². The number of hydrogen-bond acceptors (Lipinski definition) is 5. The van der Waals surface area contributed by atoms with Crippen molar-refractivity contribution in [2.45, 2.75) is 53.5 Å². The Labute approximate surface area is 236 Å². The lowest BCUT2D eigenvalue weighted by Crippen LogP contribution is -2.36. The van der Waals surface area contributed by atoms with E-state index in [1.54, 1.807) is 19.2 Å². The van der Waals surface area contributed by atoms with Crippen molar-refractivity contribution in [1.82, 2.24) is 9.38 Å². The molecular formula is C34H37N3O3. The minimum absolute atomic E-state index is 0.146. The standard InChI is InChI=1S/C34H37N3O3/c1-22-16-17-37-29(18-22)35-30(31(37)36-34(5,6)21-33(2,3)4)25-14-15-27(28(20-25)39-7)40-32(38)26-13-12-23-10-8-9-11-24(23)19-26/h8-20,36H,21H2,1-7H3.